The zero-order valence-corrected chi connectivity index (χ0v) is 14.0. The molecule has 2 aromatic heterocycles. The van der Waals surface area contributed by atoms with Crippen molar-refractivity contribution in [2.24, 2.45) is 7.05 Å². The van der Waals surface area contributed by atoms with Crippen molar-refractivity contribution in [2.75, 3.05) is 7.11 Å². The molecule has 2 aromatic carbocycles. The number of hydrogen-bond donors (Lipinski definition) is 1. The largest absolute Gasteiger partial charge is 1.00 e. The van der Waals surface area contributed by atoms with Crippen molar-refractivity contribution >= 4 is 32.6 Å². The fourth-order valence-electron chi connectivity index (χ4n) is 2.86. The van der Waals surface area contributed by atoms with Gasteiger partial charge in [-0.3, -0.25) is 0 Å². The van der Waals surface area contributed by atoms with Gasteiger partial charge in [0.1, 0.15) is 12.8 Å². The molecule has 21 heavy (non-hydrogen) atoms. The second-order valence-electron chi connectivity index (χ2n) is 5.14. The number of pyridine rings is 1. The Morgan fingerprint density at radius 3 is 2.67 bits per heavy atom. The second kappa shape index (κ2) is 5.18. The minimum Gasteiger partial charge on any atom is -1.00 e. The van der Waals surface area contributed by atoms with Crippen LogP contribution in [0.15, 0.2) is 48.8 Å². The van der Waals surface area contributed by atoms with E-state index in [9.17, 15) is 0 Å². The first-order valence-electron chi connectivity index (χ1n) is 6.64. The van der Waals surface area contributed by atoms with Gasteiger partial charge in [-0.1, -0.05) is 6.07 Å². The molecule has 106 valence electrons. The first-order valence-corrected chi connectivity index (χ1v) is 6.64. The molecule has 4 aromatic rings. The third-order valence-electron chi connectivity index (χ3n) is 3.87. The van der Waals surface area contributed by atoms with Crippen LogP contribution in [0.5, 0.6) is 5.75 Å². The molecule has 4 heteroatoms. The van der Waals surface area contributed by atoms with Crippen molar-refractivity contribution in [1.82, 2.24) is 4.98 Å². The topological polar surface area (TPSA) is 28.9 Å². The van der Waals surface area contributed by atoms with Gasteiger partial charge >= 0.3 is 0 Å². The highest BCUT2D eigenvalue weighted by Crippen LogP contribution is 2.32. The molecular weight excluding hydrogens is 375 g/mol. The molecule has 0 saturated carbocycles. The van der Waals surface area contributed by atoms with Gasteiger partial charge in [0.2, 0.25) is 0 Å². The van der Waals surface area contributed by atoms with Gasteiger partial charge in [0.15, 0.2) is 12.4 Å². The van der Waals surface area contributed by atoms with E-state index in [-0.39, 0.29) is 24.0 Å². The van der Waals surface area contributed by atoms with Crippen LogP contribution in [0, 0.1) is 0 Å². The van der Waals surface area contributed by atoms with Gasteiger partial charge in [0.05, 0.1) is 12.6 Å². The van der Waals surface area contributed by atoms with Crippen LogP contribution in [0.2, 0.25) is 0 Å². The maximum absolute atomic E-state index is 5.33. The van der Waals surface area contributed by atoms with Gasteiger partial charge in [-0.25, -0.2) is 4.57 Å². The molecule has 1 N–H and O–H groups in total. The number of ether oxygens (including phenoxy) is 1. The summed E-state index contributed by atoms with van der Waals surface area (Å²) in [5.74, 6) is 0.887. The van der Waals surface area contributed by atoms with E-state index in [4.69, 9.17) is 4.74 Å². The van der Waals surface area contributed by atoms with Crippen molar-refractivity contribution in [1.29, 1.82) is 0 Å². The first-order chi connectivity index (χ1) is 9.76. The average Bonchev–Trinajstić information content (AvgIpc) is 2.84. The zero-order valence-electron chi connectivity index (χ0n) is 11.9. The maximum atomic E-state index is 5.33. The van der Waals surface area contributed by atoms with E-state index in [1.807, 2.05) is 13.1 Å². The van der Waals surface area contributed by atoms with E-state index >= 15 is 0 Å². The Morgan fingerprint density at radius 2 is 1.86 bits per heavy atom. The number of aryl methyl sites for hydroxylation is 1. The number of H-pyrrole nitrogens is 1. The lowest BCUT2D eigenvalue weighted by Crippen LogP contribution is -3.00. The van der Waals surface area contributed by atoms with Gasteiger partial charge < -0.3 is 33.7 Å². The quantitative estimate of drug-likeness (QED) is 0.368. The van der Waals surface area contributed by atoms with Crippen LogP contribution in [0.4, 0.5) is 0 Å². The predicted molar refractivity (Wildman–Crippen MR) is 81.0 cm³/mol. The Bertz CT molecular complexity index is 959. The Hall–Kier alpha value is -1.82. The summed E-state index contributed by atoms with van der Waals surface area (Å²) in [5, 5.41) is 4.92. The zero-order chi connectivity index (χ0) is 13.7. The van der Waals surface area contributed by atoms with E-state index in [0.717, 1.165) is 11.3 Å². The van der Waals surface area contributed by atoms with Crippen molar-refractivity contribution in [2.45, 2.75) is 0 Å². The Balaban J connectivity index is 0.00000132. The van der Waals surface area contributed by atoms with Crippen LogP contribution in [0.25, 0.3) is 32.6 Å². The van der Waals surface area contributed by atoms with Gasteiger partial charge in [-0.2, -0.15) is 0 Å². The number of hydrogen-bond acceptors (Lipinski definition) is 1. The lowest BCUT2D eigenvalue weighted by atomic mass is 10.1. The number of halogens is 1. The average molecular weight is 390 g/mol. The number of benzene rings is 2. The highest BCUT2D eigenvalue weighted by Gasteiger charge is 2.10. The van der Waals surface area contributed by atoms with Crippen molar-refractivity contribution in [3.05, 3.63) is 48.8 Å². The van der Waals surface area contributed by atoms with E-state index in [2.05, 4.69) is 52.3 Å². The van der Waals surface area contributed by atoms with E-state index in [1.165, 1.54) is 27.1 Å². The second-order valence-corrected chi connectivity index (χ2v) is 5.14. The van der Waals surface area contributed by atoms with Gasteiger partial charge in [0.25, 0.3) is 0 Å². The standard InChI is InChI=1S/C17H14N2O.HI/c1-19-8-7-13-11(10-19)3-5-14-15-9-12(20-2)4-6-16(15)18-17(13)14;/h3-10H,1-2H3;1H. The maximum Gasteiger partial charge on any atom is 0.176 e. The summed E-state index contributed by atoms with van der Waals surface area (Å²) in [6.07, 6.45) is 4.22. The molecule has 0 unspecified atom stereocenters. The molecule has 0 bridgehead atoms. The summed E-state index contributed by atoms with van der Waals surface area (Å²) in [7, 11) is 3.74. The third kappa shape index (κ3) is 2.14. The van der Waals surface area contributed by atoms with Gasteiger partial charge in [0, 0.05) is 33.1 Å². The molecular formula is C17H15IN2O. The molecule has 4 rings (SSSR count). The van der Waals surface area contributed by atoms with Crippen LogP contribution >= 0.6 is 0 Å². The lowest BCUT2D eigenvalue weighted by Gasteiger charge is -1.99. The van der Waals surface area contributed by atoms with Gasteiger partial charge in [-0.05, 0) is 24.3 Å². The van der Waals surface area contributed by atoms with Crippen LogP contribution < -0.4 is 33.3 Å². The number of aromatic nitrogens is 2. The molecule has 2 heterocycles. The smallest absolute Gasteiger partial charge is 0.176 e. The van der Waals surface area contributed by atoms with Crippen LogP contribution in [0.3, 0.4) is 0 Å². The highest BCUT2D eigenvalue weighted by atomic mass is 127. The number of methoxy groups -OCH3 is 1. The number of fused-ring (bicyclic) bond motifs is 5. The minimum absolute atomic E-state index is 0. The summed E-state index contributed by atoms with van der Waals surface area (Å²) in [6.45, 7) is 0. The molecule has 0 aliphatic carbocycles. The summed E-state index contributed by atoms with van der Waals surface area (Å²) in [5.41, 5.74) is 2.33. The van der Waals surface area contributed by atoms with Crippen molar-refractivity contribution in [3.8, 4) is 5.75 Å². The number of nitrogens with one attached hydrogen (secondary N) is 1. The molecule has 3 nitrogen and oxygen atoms in total. The van der Waals surface area contributed by atoms with Crippen LogP contribution in [0.1, 0.15) is 0 Å². The molecule has 0 spiro atoms. The van der Waals surface area contributed by atoms with Crippen LogP contribution in [-0.4, -0.2) is 12.1 Å². The van der Waals surface area contributed by atoms with E-state index in [0.29, 0.717) is 0 Å². The minimum atomic E-state index is 0. The molecule has 0 aliphatic rings. The lowest BCUT2D eigenvalue weighted by molar-refractivity contribution is -0.670. The molecule has 0 saturated heterocycles. The van der Waals surface area contributed by atoms with Crippen LogP contribution in [-0.2, 0) is 7.05 Å². The summed E-state index contributed by atoms with van der Waals surface area (Å²) in [4.78, 5) is 3.53. The monoisotopic (exact) mass is 390 g/mol. The summed E-state index contributed by atoms with van der Waals surface area (Å²) in [6, 6.07) is 12.6. The number of aromatic amines is 1. The Kier molecular flexibility index (Phi) is 3.49. The Morgan fingerprint density at radius 1 is 1.00 bits per heavy atom. The fourth-order valence-corrected chi connectivity index (χ4v) is 2.86. The van der Waals surface area contributed by atoms with Crippen molar-refractivity contribution in [3.63, 3.8) is 0 Å². The fraction of sp³-hybridized carbons (Fsp3) is 0.118. The molecule has 0 amide bonds. The Labute approximate surface area is 139 Å². The number of rotatable bonds is 1. The highest BCUT2D eigenvalue weighted by molar-refractivity contribution is 6.16. The first kappa shape index (κ1) is 14.1. The van der Waals surface area contributed by atoms with E-state index in [1.54, 1.807) is 7.11 Å². The van der Waals surface area contributed by atoms with Crippen molar-refractivity contribution < 1.29 is 33.3 Å². The van der Waals surface area contributed by atoms with E-state index < -0.39 is 0 Å². The van der Waals surface area contributed by atoms with Gasteiger partial charge in [-0.15, -0.1) is 0 Å². The molecule has 0 radical (unpaired) electrons. The predicted octanol–water partition coefficient (Wildman–Crippen LogP) is 0.311. The normalized spacial score (nSPS) is 11.0. The molecule has 0 atom stereocenters. The number of nitrogens with zero attached hydrogens (tertiary/aromatic N) is 1. The summed E-state index contributed by atoms with van der Waals surface area (Å²) < 4.78 is 7.40. The third-order valence-corrected chi connectivity index (χ3v) is 3.87. The molecule has 0 aliphatic heterocycles. The summed E-state index contributed by atoms with van der Waals surface area (Å²) >= 11 is 0. The SMILES string of the molecule is COc1ccc2[nH]c3c4cc[n+](C)cc4ccc3c2c1.[I-]. The molecule has 0 fully saturated rings.